The molecule has 3 rings (SSSR count). The minimum absolute atomic E-state index is 0.000442. The predicted octanol–water partition coefficient (Wildman–Crippen LogP) is 5.45. The van der Waals surface area contributed by atoms with Crippen molar-refractivity contribution >= 4 is 27.3 Å². The van der Waals surface area contributed by atoms with Crippen LogP contribution in [-0.2, 0) is 22.1 Å². The molecule has 0 N–H and O–H groups in total. The Morgan fingerprint density at radius 1 is 1.09 bits per heavy atom. The second-order valence-electron chi connectivity index (χ2n) is 8.73. The number of hydrogen-bond acceptors (Lipinski definition) is 4. The fourth-order valence-corrected chi connectivity index (χ4v) is 5.62. The Hall–Kier alpha value is -2.64. The summed E-state index contributed by atoms with van der Waals surface area (Å²) in [4.78, 5) is 19.4. The number of carbonyl (C=O) groups excluding carboxylic acids is 1. The van der Waals surface area contributed by atoms with Gasteiger partial charge in [-0.15, -0.1) is 0 Å². The van der Waals surface area contributed by atoms with Crippen LogP contribution in [-0.4, -0.2) is 34.8 Å². The fourth-order valence-electron chi connectivity index (χ4n) is 3.82. The quantitative estimate of drug-likeness (QED) is 0.423. The van der Waals surface area contributed by atoms with E-state index < -0.39 is 9.84 Å². The summed E-state index contributed by atoms with van der Waals surface area (Å²) in [5.74, 6) is -0.296. The lowest BCUT2D eigenvalue weighted by Crippen LogP contribution is -2.37. The normalized spacial score (nSPS) is 11.9. The molecule has 0 unspecified atom stereocenters. The first-order chi connectivity index (χ1) is 15.5. The molecular weight excluding hydrogens is 458 g/mol. The van der Waals surface area contributed by atoms with Crippen molar-refractivity contribution < 1.29 is 13.2 Å². The number of amides is 1. The smallest absolute Gasteiger partial charge is 0.254 e. The number of carbonyl (C=O) groups is 1. The summed E-state index contributed by atoms with van der Waals surface area (Å²) in [7, 11) is -3.73. The molecule has 0 atom stereocenters. The van der Waals surface area contributed by atoms with Crippen molar-refractivity contribution in [2.45, 2.75) is 64.2 Å². The van der Waals surface area contributed by atoms with Gasteiger partial charge in [0, 0.05) is 22.7 Å². The number of halogens is 1. The van der Waals surface area contributed by atoms with Crippen molar-refractivity contribution in [1.29, 1.82) is 0 Å². The van der Waals surface area contributed by atoms with Crippen LogP contribution in [0.3, 0.4) is 0 Å². The van der Waals surface area contributed by atoms with Gasteiger partial charge in [0.25, 0.3) is 5.91 Å². The molecule has 0 spiro atoms. The Kier molecular flexibility index (Phi) is 7.65. The molecule has 6 nitrogen and oxygen atoms in total. The van der Waals surface area contributed by atoms with Gasteiger partial charge < -0.3 is 9.47 Å². The van der Waals surface area contributed by atoms with Crippen LogP contribution in [0.5, 0.6) is 0 Å². The maximum atomic E-state index is 13.3. The molecule has 2 aromatic carbocycles. The van der Waals surface area contributed by atoms with Crippen LogP contribution >= 0.6 is 11.6 Å². The molecule has 0 saturated heterocycles. The molecule has 1 heterocycles. The first kappa shape index (κ1) is 25.0. The Balaban J connectivity index is 1.97. The van der Waals surface area contributed by atoms with E-state index >= 15 is 0 Å². The van der Waals surface area contributed by atoms with Crippen LogP contribution in [0.4, 0.5) is 0 Å². The number of benzene rings is 2. The van der Waals surface area contributed by atoms with E-state index in [0.29, 0.717) is 21.8 Å². The molecular formula is C25H30ClN3O3S. The summed E-state index contributed by atoms with van der Waals surface area (Å²) >= 11 is 6.03. The lowest BCUT2D eigenvalue weighted by Gasteiger charge is -2.28. The summed E-state index contributed by atoms with van der Waals surface area (Å²) in [6, 6.07) is 14.0. The number of nitrogens with zero attached hydrogens (tertiary/aromatic N) is 3. The summed E-state index contributed by atoms with van der Waals surface area (Å²) in [6.07, 6.45) is 1.56. The van der Waals surface area contributed by atoms with Crippen molar-refractivity contribution in [3.63, 3.8) is 0 Å². The molecule has 0 aliphatic carbocycles. The maximum absolute atomic E-state index is 13.3. The van der Waals surface area contributed by atoms with E-state index in [1.165, 1.54) is 0 Å². The van der Waals surface area contributed by atoms with Crippen molar-refractivity contribution in [2.24, 2.45) is 0 Å². The average molecular weight is 488 g/mol. The monoisotopic (exact) mass is 487 g/mol. The zero-order valence-electron chi connectivity index (χ0n) is 19.6. The minimum Gasteiger partial charge on any atom is -0.330 e. The number of aromatic nitrogens is 2. The van der Waals surface area contributed by atoms with Gasteiger partial charge >= 0.3 is 0 Å². The number of rotatable bonds is 8. The highest BCUT2D eigenvalue weighted by molar-refractivity contribution is 7.90. The Labute approximate surface area is 201 Å². The first-order valence-electron chi connectivity index (χ1n) is 10.9. The summed E-state index contributed by atoms with van der Waals surface area (Å²) in [5, 5.41) is 0.484. The SMILES string of the molecule is Cc1ccccc1C(=O)N(Cc1cnc(S(=O)(=O)Cc2cccc(Cl)c2)n1C(C)C)C(C)C. The van der Waals surface area contributed by atoms with Crippen molar-refractivity contribution in [3.8, 4) is 0 Å². The third kappa shape index (κ3) is 5.65. The zero-order valence-corrected chi connectivity index (χ0v) is 21.2. The summed E-state index contributed by atoms with van der Waals surface area (Å²) in [6.45, 7) is 9.87. The fraction of sp³-hybridized carbons (Fsp3) is 0.360. The van der Waals surface area contributed by atoms with Crippen LogP contribution in [0.1, 0.15) is 60.9 Å². The van der Waals surface area contributed by atoms with Gasteiger partial charge in [-0.25, -0.2) is 13.4 Å². The van der Waals surface area contributed by atoms with Crippen LogP contribution < -0.4 is 0 Å². The second-order valence-corrected chi connectivity index (χ2v) is 11.0. The van der Waals surface area contributed by atoms with Gasteiger partial charge in [0.15, 0.2) is 0 Å². The van der Waals surface area contributed by atoms with E-state index in [9.17, 15) is 13.2 Å². The van der Waals surface area contributed by atoms with Crippen LogP contribution in [0.25, 0.3) is 0 Å². The number of sulfone groups is 1. The summed E-state index contributed by atoms with van der Waals surface area (Å²) < 4.78 is 28.2. The van der Waals surface area contributed by atoms with Crippen molar-refractivity contribution in [2.75, 3.05) is 0 Å². The number of hydrogen-bond donors (Lipinski definition) is 0. The topological polar surface area (TPSA) is 72.3 Å². The van der Waals surface area contributed by atoms with E-state index in [4.69, 9.17) is 11.6 Å². The predicted molar refractivity (Wildman–Crippen MR) is 131 cm³/mol. The van der Waals surface area contributed by atoms with E-state index in [1.54, 1.807) is 39.9 Å². The highest BCUT2D eigenvalue weighted by Gasteiger charge is 2.28. The third-order valence-corrected chi connectivity index (χ3v) is 7.28. The largest absolute Gasteiger partial charge is 0.330 e. The molecule has 1 amide bonds. The standard InChI is InChI=1S/C25H30ClN3O3S/c1-17(2)28(24(30)23-12-7-6-9-19(23)5)15-22-14-27-25(29(22)18(3)4)33(31,32)16-20-10-8-11-21(26)13-20/h6-14,17-18H,15-16H2,1-5H3. The molecule has 33 heavy (non-hydrogen) atoms. The minimum atomic E-state index is -3.73. The molecule has 0 radical (unpaired) electrons. The molecule has 0 bridgehead atoms. The van der Waals surface area contributed by atoms with E-state index in [-0.39, 0.29) is 35.4 Å². The highest BCUT2D eigenvalue weighted by Crippen LogP contribution is 2.25. The maximum Gasteiger partial charge on any atom is 0.254 e. The van der Waals surface area contributed by atoms with Crippen molar-refractivity contribution in [1.82, 2.24) is 14.5 Å². The van der Waals surface area contributed by atoms with Crippen LogP contribution in [0, 0.1) is 6.92 Å². The first-order valence-corrected chi connectivity index (χ1v) is 12.9. The summed E-state index contributed by atoms with van der Waals surface area (Å²) in [5.41, 5.74) is 2.80. The molecule has 8 heteroatoms. The van der Waals surface area contributed by atoms with Gasteiger partial charge in [-0.05, 0) is 63.9 Å². The van der Waals surface area contributed by atoms with Gasteiger partial charge in [-0.1, -0.05) is 41.9 Å². The second kappa shape index (κ2) is 10.1. The number of imidazole rings is 1. The van der Waals surface area contributed by atoms with Crippen LogP contribution in [0.2, 0.25) is 5.02 Å². The Morgan fingerprint density at radius 3 is 2.39 bits per heavy atom. The van der Waals surface area contributed by atoms with Gasteiger partial charge in [0.05, 0.1) is 24.2 Å². The molecule has 3 aromatic rings. The molecule has 0 fully saturated rings. The molecule has 1 aromatic heterocycles. The van der Waals surface area contributed by atoms with Gasteiger partial charge in [-0.3, -0.25) is 4.79 Å². The van der Waals surface area contributed by atoms with E-state index in [0.717, 1.165) is 5.56 Å². The lowest BCUT2D eigenvalue weighted by atomic mass is 10.1. The molecule has 0 aliphatic rings. The Bertz CT molecular complexity index is 1250. The zero-order chi connectivity index (χ0) is 24.3. The van der Waals surface area contributed by atoms with Gasteiger partial charge in [0.1, 0.15) is 0 Å². The molecule has 0 saturated carbocycles. The lowest BCUT2D eigenvalue weighted by molar-refractivity contribution is 0.0683. The Morgan fingerprint density at radius 2 is 1.79 bits per heavy atom. The van der Waals surface area contributed by atoms with Crippen molar-refractivity contribution in [3.05, 3.63) is 82.1 Å². The molecule has 176 valence electrons. The third-order valence-electron chi connectivity index (χ3n) is 5.47. The van der Waals surface area contributed by atoms with Crippen LogP contribution in [0.15, 0.2) is 59.9 Å². The number of aryl methyl sites for hydroxylation is 1. The van der Waals surface area contributed by atoms with Gasteiger partial charge in [-0.2, -0.15) is 0 Å². The molecule has 0 aliphatic heterocycles. The van der Waals surface area contributed by atoms with E-state index in [2.05, 4.69) is 4.98 Å². The van der Waals surface area contributed by atoms with E-state index in [1.807, 2.05) is 58.9 Å². The van der Waals surface area contributed by atoms with Gasteiger partial charge in [0.2, 0.25) is 15.0 Å². The average Bonchev–Trinajstić information content (AvgIpc) is 3.16. The highest BCUT2D eigenvalue weighted by atomic mass is 35.5.